The summed E-state index contributed by atoms with van der Waals surface area (Å²) in [6.45, 7) is -0.258. The number of hydrogen-bond donors (Lipinski definition) is 0. The van der Waals surface area contributed by atoms with Gasteiger partial charge in [-0.25, -0.2) is 9.18 Å². The first kappa shape index (κ1) is 10.9. The molecule has 0 aromatic heterocycles. The summed E-state index contributed by atoms with van der Waals surface area (Å²) in [7, 11) is 0. The Hall–Kier alpha value is -2.15. The van der Waals surface area contributed by atoms with Crippen molar-refractivity contribution in [3.8, 4) is 12.3 Å². The van der Waals surface area contributed by atoms with Gasteiger partial charge in [-0.1, -0.05) is 5.92 Å². The van der Waals surface area contributed by atoms with E-state index in [0.717, 1.165) is 12.1 Å². The molecule has 1 rings (SSSR count). The van der Waals surface area contributed by atoms with Gasteiger partial charge in [-0.3, -0.25) is 4.79 Å². The summed E-state index contributed by atoms with van der Waals surface area (Å²) in [6.07, 6.45) is 4.85. The molecule has 0 N–H and O–H groups in total. The molecule has 0 heterocycles. The number of ketones is 1. The first-order chi connectivity index (χ1) is 7.15. The van der Waals surface area contributed by atoms with Gasteiger partial charge >= 0.3 is 5.97 Å². The standard InChI is InChI=1S/C11H7FO3/c1-2-7-15-11(14)10(13)8-3-5-9(12)6-4-8/h1,3-6H,7H2. The van der Waals surface area contributed by atoms with Gasteiger partial charge in [0.1, 0.15) is 5.82 Å². The summed E-state index contributed by atoms with van der Waals surface area (Å²) in [5.41, 5.74) is 0.0680. The van der Waals surface area contributed by atoms with Crippen molar-refractivity contribution in [1.29, 1.82) is 0 Å². The Morgan fingerprint density at radius 2 is 1.93 bits per heavy atom. The quantitative estimate of drug-likeness (QED) is 0.323. The summed E-state index contributed by atoms with van der Waals surface area (Å²) in [4.78, 5) is 22.3. The highest BCUT2D eigenvalue weighted by Gasteiger charge is 2.17. The second kappa shape index (κ2) is 4.91. The molecular weight excluding hydrogens is 199 g/mol. The normalized spacial score (nSPS) is 9.07. The van der Waals surface area contributed by atoms with Gasteiger partial charge < -0.3 is 4.74 Å². The third-order valence-electron chi connectivity index (χ3n) is 1.58. The molecule has 0 atom stereocenters. The van der Waals surface area contributed by atoms with E-state index in [1.807, 2.05) is 0 Å². The van der Waals surface area contributed by atoms with Crippen LogP contribution in [-0.4, -0.2) is 18.4 Å². The largest absolute Gasteiger partial charge is 0.447 e. The van der Waals surface area contributed by atoms with Gasteiger partial charge in [-0.05, 0) is 24.3 Å². The number of hydrogen-bond acceptors (Lipinski definition) is 3. The van der Waals surface area contributed by atoms with Crippen LogP contribution in [0.5, 0.6) is 0 Å². The minimum atomic E-state index is -1.04. The topological polar surface area (TPSA) is 43.4 Å². The fourth-order valence-corrected chi connectivity index (χ4v) is 0.892. The van der Waals surface area contributed by atoms with Gasteiger partial charge in [-0.15, -0.1) is 6.42 Å². The summed E-state index contributed by atoms with van der Waals surface area (Å²) in [6, 6.07) is 4.58. The van der Waals surface area contributed by atoms with Crippen molar-refractivity contribution in [1.82, 2.24) is 0 Å². The zero-order valence-corrected chi connectivity index (χ0v) is 7.70. The van der Waals surface area contributed by atoms with Gasteiger partial charge in [0, 0.05) is 5.56 Å². The highest BCUT2D eigenvalue weighted by molar-refractivity contribution is 6.40. The maximum atomic E-state index is 12.5. The molecule has 0 radical (unpaired) electrons. The third-order valence-corrected chi connectivity index (χ3v) is 1.58. The molecule has 0 aliphatic rings. The van der Waals surface area contributed by atoms with Crippen molar-refractivity contribution in [2.75, 3.05) is 6.61 Å². The molecule has 0 saturated carbocycles. The first-order valence-electron chi connectivity index (χ1n) is 4.05. The van der Waals surface area contributed by atoms with E-state index >= 15 is 0 Å². The second-order valence-electron chi connectivity index (χ2n) is 2.62. The Morgan fingerprint density at radius 3 is 2.47 bits per heavy atom. The van der Waals surface area contributed by atoms with Gasteiger partial charge in [-0.2, -0.15) is 0 Å². The maximum Gasteiger partial charge on any atom is 0.380 e. The molecule has 0 spiro atoms. The van der Waals surface area contributed by atoms with Gasteiger partial charge in [0.2, 0.25) is 0 Å². The van der Waals surface area contributed by atoms with Crippen LogP contribution in [0.15, 0.2) is 24.3 Å². The Bertz CT molecular complexity index is 414. The predicted octanol–water partition coefficient (Wildman–Crippen LogP) is 1.18. The Morgan fingerprint density at radius 1 is 1.33 bits per heavy atom. The molecule has 0 fully saturated rings. The van der Waals surface area contributed by atoms with E-state index in [1.165, 1.54) is 12.1 Å². The van der Waals surface area contributed by atoms with Crippen LogP contribution in [0.2, 0.25) is 0 Å². The van der Waals surface area contributed by atoms with Crippen LogP contribution >= 0.6 is 0 Å². The zero-order valence-electron chi connectivity index (χ0n) is 7.70. The zero-order chi connectivity index (χ0) is 11.3. The molecule has 1 aromatic rings. The molecule has 15 heavy (non-hydrogen) atoms. The number of Topliss-reactive ketones (excluding diaryl/α,β-unsaturated/α-hetero) is 1. The van der Waals surface area contributed by atoms with E-state index < -0.39 is 17.6 Å². The monoisotopic (exact) mass is 206 g/mol. The maximum absolute atomic E-state index is 12.5. The SMILES string of the molecule is C#CCOC(=O)C(=O)c1ccc(F)cc1. The van der Waals surface area contributed by atoms with Crippen molar-refractivity contribution in [3.05, 3.63) is 35.6 Å². The lowest BCUT2D eigenvalue weighted by molar-refractivity contribution is -0.136. The summed E-state index contributed by atoms with van der Waals surface area (Å²) >= 11 is 0. The molecule has 4 heteroatoms. The van der Waals surface area contributed by atoms with Crippen LogP contribution in [0.1, 0.15) is 10.4 Å². The Balaban J connectivity index is 2.73. The predicted molar refractivity (Wildman–Crippen MR) is 50.5 cm³/mol. The number of esters is 1. The van der Waals surface area contributed by atoms with Crippen LogP contribution < -0.4 is 0 Å². The fourth-order valence-electron chi connectivity index (χ4n) is 0.892. The number of carbonyl (C=O) groups excluding carboxylic acids is 2. The van der Waals surface area contributed by atoms with Crippen LogP contribution in [0, 0.1) is 18.2 Å². The fraction of sp³-hybridized carbons (Fsp3) is 0.0909. The molecule has 3 nitrogen and oxygen atoms in total. The van der Waals surface area contributed by atoms with E-state index in [4.69, 9.17) is 6.42 Å². The van der Waals surface area contributed by atoms with Crippen LogP contribution in [0.3, 0.4) is 0 Å². The summed E-state index contributed by atoms with van der Waals surface area (Å²) in [5.74, 6) is -0.308. The van der Waals surface area contributed by atoms with E-state index in [-0.39, 0.29) is 12.2 Å². The minimum absolute atomic E-state index is 0.0680. The van der Waals surface area contributed by atoms with Crippen molar-refractivity contribution in [2.24, 2.45) is 0 Å². The lowest BCUT2D eigenvalue weighted by Crippen LogP contribution is -2.17. The molecule has 76 valence electrons. The van der Waals surface area contributed by atoms with Crippen LogP contribution in [0.25, 0.3) is 0 Å². The lowest BCUT2D eigenvalue weighted by Gasteiger charge is -1.99. The molecule has 0 amide bonds. The minimum Gasteiger partial charge on any atom is -0.447 e. The molecule has 0 bridgehead atoms. The van der Waals surface area contributed by atoms with E-state index in [2.05, 4.69) is 10.7 Å². The number of carbonyl (C=O) groups is 2. The molecule has 1 aromatic carbocycles. The van der Waals surface area contributed by atoms with Crippen LogP contribution in [0.4, 0.5) is 4.39 Å². The average Bonchev–Trinajstić information content (AvgIpc) is 2.26. The van der Waals surface area contributed by atoms with E-state index in [1.54, 1.807) is 0 Å². The van der Waals surface area contributed by atoms with Crippen molar-refractivity contribution >= 4 is 11.8 Å². The Labute approximate surface area is 85.9 Å². The number of terminal acetylenes is 1. The van der Waals surface area contributed by atoms with E-state index in [9.17, 15) is 14.0 Å². The van der Waals surface area contributed by atoms with Gasteiger partial charge in [0.25, 0.3) is 5.78 Å². The molecule has 0 aliphatic heterocycles. The number of rotatable bonds is 3. The highest BCUT2D eigenvalue weighted by Crippen LogP contribution is 2.04. The number of halogens is 1. The number of benzene rings is 1. The van der Waals surface area contributed by atoms with Crippen LogP contribution in [-0.2, 0) is 9.53 Å². The van der Waals surface area contributed by atoms with Crippen molar-refractivity contribution < 1.29 is 18.7 Å². The molecule has 0 unspecified atom stereocenters. The first-order valence-corrected chi connectivity index (χ1v) is 4.05. The number of ether oxygens (including phenoxy) is 1. The van der Waals surface area contributed by atoms with E-state index in [0.29, 0.717) is 0 Å². The van der Waals surface area contributed by atoms with Crippen molar-refractivity contribution in [3.63, 3.8) is 0 Å². The highest BCUT2D eigenvalue weighted by atomic mass is 19.1. The van der Waals surface area contributed by atoms with Gasteiger partial charge in [0.15, 0.2) is 6.61 Å². The lowest BCUT2D eigenvalue weighted by atomic mass is 10.1. The molecular formula is C11H7FO3. The summed E-state index contributed by atoms with van der Waals surface area (Å²) < 4.78 is 16.9. The molecule has 0 aliphatic carbocycles. The van der Waals surface area contributed by atoms with Gasteiger partial charge in [0.05, 0.1) is 0 Å². The van der Waals surface area contributed by atoms with Crippen molar-refractivity contribution in [2.45, 2.75) is 0 Å². The Kier molecular flexibility index (Phi) is 3.58. The summed E-state index contributed by atoms with van der Waals surface area (Å²) in [5, 5.41) is 0. The molecule has 0 saturated heterocycles. The second-order valence-corrected chi connectivity index (χ2v) is 2.62. The average molecular weight is 206 g/mol. The third kappa shape index (κ3) is 2.92. The smallest absolute Gasteiger partial charge is 0.380 e.